The lowest BCUT2D eigenvalue weighted by atomic mass is 9.92. The fourth-order valence-electron chi connectivity index (χ4n) is 8.35. The van der Waals surface area contributed by atoms with Crippen LogP contribution in [-0.2, 0) is 0 Å². The van der Waals surface area contributed by atoms with Gasteiger partial charge < -0.3 is 13.3 Å². The summed E-state index contributed by atoms with van der Waals surface area (Å²) in [6.45, 7) is 0. The molecule has 0 saturated heterocycles. The molecule has 0 amide bonds. The van der Waals surface area contributed by atoms with Crippen LogP contribution in [0.1, 0.15) is 0 Å². The molecule has 0 aliphatic rings. The molecule has 6 nitrogen and oxygen atoms in total. The van der Waals surface area contributed by atoms with E-state index in [2.05, 4.69) is 72.8 Å². The highest BCUT2D eigenvalue weighted by molar-refractivity contribution is 6.22. The zero-order valence-corrected chi connectivity index (χ0v) is 30.3. The number of aromatic nitrogens is 3. The van der Waals surface area contributed by atoms with Gasteiger partial charge in [0.2, 0.25) is 0 Å². The Kier molecular flexibility index (Phi) is 6.83. The second kappa shape index (κ2) is 12.3. The van der Waals surface area contributed by atoms with E-state index in [-0.39, 0.29) is 0 Å². The van der Waals surface area contributed by atoms with Crippen molar-refractivity contribution in [3.8, 4) is 56.4 Å². The molecule has 0 aliphatic carbocycles. The van der Waals surface area contributed by atoms with Crippen molar-refractivity contribution in [3.05, 3.63) is 176 Å². The first kappa shape index (κ1) is 31.5. The molecule has 0 N–H and O–H groups in total. The highest BCUT2D eigenvalue weighted by Gasteiger charge is 2.23. The van der Waals surface area contributed by atoms with Crippen LogP contribution in [0, 0.1) is 0 Å². The maximum absolute atomic E-state index is 6.77. The first-order valence-corrected chi connectivity index (χ1v) is 18.9. The minimum Gasteiger partial charge on any atom is -0.456 e. The molecule has 12 rings (SSSR count). The average Bonchev–Trinajstić information content (AvgIpc) is 3.98. The van der Waals surface area contributed by atoms with E-state index >= 15 is 0 Å². The van der Waals surface area contributed by atoms with Crippen LogP contribution in [0.2, 0.25) is 0 Å². The predicted molar refractivity (Wildman–Crippen MR) is 229 cm³/mol. The van der Waals surface area contributed by atoms with Crippen molar-refractivity contribution in [1.29, 1.82) is 0 Å². The third-order valence-electron chi connectivity index (χ3n) is 11.0. The summed E-state index contributed by atoms with van der Waals surface area (Å²) >= 11 is 0. The van der Waals surface area contributed by atoms with Gasteiger partial charge in [-0.2, -0.15) is 0 Å². The van der Waals surface area contributed by atoms with Gasteiger partial charge in [0.15, 0.2) is 17.5 Å². The molecular formula is C51H29N3O3. The molecular weight excluding hydrogens is 703 g/mol. The molecule has 0 atom stereocenters. The van der Waals surface area contributed by atoms with Crippen LogP contribution in [0.5, 0.6) is 0 Å². The highest BCUT2D eigenvalue weighted by atomic mass is 16.3. The van der Waals surface area contributed by atoms with Crippen molar-refractivity contribution in [2.24, 2.45) is 0 Å². The molecule has 6 heteroatoms. The van der Waals surface area contributed by atoms with Gasteiger partial charge in [-0.1, -0.05) is 140 Å². The fourth-order valence-corrected chi connectivity index (χ4v) is 8.35. The van der Waals surface area contributed by atoms with Crippen LogP contribution >= 0.6 is 0 Å². The van der Waals surface area contributed by atoms with Crippen LogP contribution in [-0.4, -0.2) is 15.0 Å². The summed E-state index contributed by atoms with van der Waals surface area (Å²) < 4.78 is 19.9. The average molecular weight is 732 g/mol. The molecule has 4 aromatic heterocycles. The molecule has 4 heterocycles. The van der Waals surface area contributed by atoms with Gasteiger partial charge in [0.05, 0.1) is 0 Å². The smallest absolute Gasteiger partial charge is 0.164 e. The minimum atomic E-state index is 0.576. The second-order valence-electron chi connectivity index (χ2n) is 14.3. The van der Waals surface area contributed by atoms with Crippen molar-refractivity contribution < 1.29 is 13.3 Å². The Labute approximate surface area is 325 Å². The maximum Gasteiger partial charge on any atom is 0.164 e. The van der Waals surface area contributed by atoms with Crippen molar-refractivity contribution in [3.63, 3.8) is 0 Å². The Balaban J connectivity index is 1.05. The Morgan fingerprint density at radius 2 is 0.789 bits per heavy atom. The quantitative estimate of drug-likeness (QED) is 0.175. The van der Waals surface area contributed by atoms with Crippen LogP contribution in [0.25, 0.3) is 122 Å². The Bertz CT molecular complexity index is 3470. The van der Waals surface area contributed by atoms with E-state index in [1.165, 1.54) is 0 Å². The third kappa shape index (κ3) is 4.94. The van der Waals surface area contributed by atoms with Gasteiger partial charge in [0.25, 0.3) is 0 Å². The van der Waals surface area contributed by atoms with E-state index in [0.29, 0.717) is 17.5 Å². The Hall–Kier alpha value is -7.83. The van der Waals surface area contributed by atoms with Gasteiger partial charge in [-0.25, -0.2) is 15.0 Å². The topological polar surface area (TPSA) is 78.1 Å². The van der Waals surface area contributed by atoms with Crippen molar-refractivity contribution in [2.75, 3.05) is 0 Å². The summed E-state index contributed by atoms with van der Waals surface area (Å²) in [5.41, 5.74) is 11.7. The molecule has 0 unspecified atom stereocenters. The molecule has 0 bridgehead atoms. The fraction of sp³-hybridized carbons (Fsp3) is 0. The molecule has 12 aromatic rings. The van der Waals surface area contributed by atoms with Gasteiger partial charge in [0, 0.05) is 60.1 Å². The number of benzene rings is 8. The third-order valence-corrected chi connectivity index (χ3v) is 11.0. The van der Waals surface area contributed by atoms with E-state index in [4.69, 9.17) is 28.2 Å². The van der Waals surface area contributed by atoms with Crippen molar-refractivity contribution in [1.82, 2.24) is 15.0 Å². The molecule has 0 spiro atoms. The van der Waals surface area contributed by atoms with Gasteiger partial charge in [-0.3, -0.25) is 0 Å². The highest BCUT2D eigenvalue weighted by Crippen LogP contribution is 2.47. The van der Waals surface area contributed by atoms with Crippen molar-refractivity contribution >= 4 is 65.8 Å². The van der Waals surface area contributed by atoms with Gasteiger partial charge in [0.1, 0.15) is 33.5 Å². The lowest BCUT2D eigenvalue weighted by molar-refractivity contribution is 0.665. The number of hydrogen-bond donors (Lipinski definition) is 0. The lowest BCUT2D eigenvalue weighted by Crippen LogP contribution is -2.00. The summed E-state index contributed by atoms with van der Waals surface area (Å²) in [5, 5.41) is 6.30. The number of furan rings is 3. The second-order valence-corrected chi connectivity index (χ2v) is 14.3. The van der Waals surface area contributed by atoms with Crippen LogP contribution in [0.4, 0.5) is 0 Å². The van der Waals surface area contributed by atoms with E-state index in [9.17, 15) is 0 Å². The Morgan fingerprint density at radius 1 is 0.281 bits per heavy atom. The zero-order valence-electron chi connectivity index (χ0n) is 30.3. The number of hydrogen-bond acceptors (Lipinski definition) is 6. The largest absolute Gasteiger partial charge is 0.456 e. The SMILES string of the molecule is c1ccc(-c2nc(-c3ccccc3)nc(-c3ccc4c(c3)oc3cccc(-c5ccc(-c6cccc7c6oc6ccccc67)c6oc7ccccc7c56)c34)n2)cc1. The van der Waals surface area contributed by atoms with Gasteiger partial charge >= 0.3 is 0 Å². The summed E-state index contributed by atoms with van der Waals surface area (Å²) in [4.78, 5) is 14.8. The van der Waals surface area contributed by atoms with Crippen LogP contribution in [0.3, 0.4) is 0 Å². The lowest BCUT2D eigenvalue weighted by Gasteiger charge is -2.10. The molecule has 0 saturated carbocycles. The molecule has 266 valence electrons. The molecule has 8 aromatic carbocycles. The summed E-state index contributed by atoms with van der Waals surface area (Å²) in [6, 6.07) is 59.7. The number of fused-ring (bicyclic) bond motifs is 9. The molecule has 0 aliphatic heterocycles. The van der Waals surface area contributed by atoms with Crippen LogP contribution in [0.15, 0.2) is 189 Å². The summed E-state index contributed by atoms with van der Waals surface area (Å²) in [5.74, 6) is 1.80. The Morgan fingerprint density at radius 3 is 1.54 bits per heavy atom. The monoisotopic (exact) mass is 731 g/mol. The van der Waals surface area contributed by atoms with Gasteiger partial charge in [-0.05, 0) is 47.5 Å². The summed E-state index contributed by atoms with van der Waals surface area (Å²) in [6.07, 6.45) is 0. The number of nitrogens with zero attached hydrogens (tertiary/aromatic N) is 3. The molecule has 0 radical (unpaired) electrons. The predicted octanol–water partition coefficient (Wildman–Crippen LogP) is 13.9. The molecule has 0 fully saturated rings. The number of para-hydroxylation sites is 3. The summed E-state index contributed by atoms with van der Waals surface area (Å²) in [7, 11) is 0. The number of rotatable bonds is 5. The van der Waals surface area contributed by atoms with E-state index in [1.807, 2.05) is 103 Å². The zero-order chi connectivity index (χ0) is 37.5. The van der Waals surface area contributed by atoms with Crippen molar-refractivity contribution in [2.45, 2.75) is 0 Å². The minimum absolute atomic E-state index is 0.576. The normalized spacial score (nSPS) is 11.9. The first-order valence-electron chi connectivity index (χ1n) is 18.9. The standard InChI is InChI=1S/C51H29N3O3/c1-3-13-30(14-4-1)49-52-50(31-15-5-2-6-16-31)54-51(53-49)32-25-26-40-44(29-32)55-43-24-12-19-34(45(40)43)35-27-28-38(48-46(35)39-18-8-10-23-42(39)57-48)37-21-11-20-36-33-17-7-9-22-41(33)56-47(36)37/h1-29H. The first-order chi connectivity index (χ1) is 28.2. The van der Waals surface area contributed by atoms with Crippen LogP contribution < -0.4 is 0 Å². The molecule has 57 heavy (non-hydrogen) atoms. The van der Waals surface area contributed by atoms with E-state index in [0.717, 1.165) is 105 Å². The van der Waals surface area contributed by atoms with E-state index in [1.54, 1.807) is 0 Å². The van der Waals surface area contributed by atoms with Gasteiger partial charge in [-0.15, -0.1) is 0 Å². The van der Waals surface area contributed by atoms with E-state index < -0.39 is 0 Å². The maximum atomic E-state index is 6.77.